The van der Waals surface area contributed by atoms with Crippen LogP contribution in [-0.4, -0.2) is 38.0 Å². The van der Waals surface area contributed by atoms with Gasteiger partial charge in [0.25, 0.3) is 0 Å². The lowest BCUT2D eigenvalue weighted by molar-refractivity contribution is -0.131. The van der Waals surface area contributed by atoms with Gasteiger partial charge in [0.2, 0.25) is 15.7 Å². The second-order valence-corrected chi connectivity index (χ2v) is 10.0. The Morgan fingerprint density at radius 2 is 1.53 bits per heavy atom. The van der Waals surface area contributed by atoms with Crippen LogP contribution in [0.2, 0.25) is 0 Å². The highest BCUT2D eigenvalue weighted by atomic mass is 32.2. The van der Waals surface area contributed by atoms with Crippen molar-refractivity contribution in [1.82, 2.24) is 4.90 Å². The molecule has 0 aliphatic carbocycles. The van der Waals surface area contributed by atoms with E-state index >= 15 is 0 Å². The lowest BCUT2D eigenvalue weighted by Gasteiger charge is -2.22. The van der Waals surface area contributed by atoms with Crippen LogP contribution in [0.4, 0.5) is 4.79 Å². The zero-order chi connectivity index (χ0) is 24.1. The predicted octanol–water partition coefficient (Wildman–Crippen LogP) is 4.73. The Balaban J connectivity index is 1.67. The fraction of sp³-hybridized carbons (Fsp3) is 0.185. The molecule has 1 aliphatic rings. The molecule has 0 aromatic heterocycles. The summed E-state index contributed by atoms with van der Waals surface area (Å²) in [5, 5.41) is 0. The van der Waals surface area contributed by atoms with Gasteiger partial charge in [-0.3, -0.25) is 4.79 Å². The van der Waals surface area contributed by atoms with Gasteiger partial charge in [-0.15, -0.1) is 0 Å². The molecule has 34 heavy (non-hydrogen) atoms. The van der Waals surface area contributed by atoms with Crippen LogP contribution in [-0.2, 0) is 25.8 Å². The number of hydrogen-bond donors (Lipinski definition) is 0. The standard InChI is InChI=1S/C27H25NO5S/c1-20(26(29)28-23(19-33-27(28)30)18-21-11-5-2-6-12-21)17-25(22-13-7-3-8-14-22)34(31,32)24-15-9-4-10-16-24/h2-17,20,23H,18-19H2,1H3/b25-17-/t20-,23+/m1/s1. The number of carbonyl (C=O) groups excluding carboxylic acids is 2. The van der Waals surface area contributed by atoms with E-state index in [2.05, 4.69) is 0 Å². The Hall–Kier alpha value is -3.71. The van der Waals surface area contributed by atoms with Crippen LogP contribution in [0.5, 0.6) is 0 Å². The van der Waals surface area contributed by atoms with Crippen molar-refractivity contribution in [2.75, 3.05) is 6.61 Å². The van der Waals surface area contributed by atoms with Crippen molar-refractivity contribution in [2.24, 2.45) is 5.92 Å². The zero-order valence-electron chi connectivity index (χ0n) is 18.7. The molecule has 2 amide bonds. The number of hydrogen-bond acceptors (Lipinski definition) is 5. The fourth-order valence-electron chi connectivity index (χ4n) is 3.95. The van der Waals surface area contributed by atoms with E-state index in [9.17, 15) is 18.0 Å². The van der Waals surface area contributed by atoms with Gasteiger partial charge in [0, 0.05) is 0 Å². The third kappa shape index (κ3) is 4.94. The van der Waals surface area contributed by atoms with E-state index in [0.29, 0.717) is 12.0 Å². The van der Waals surface area contributed by atoms with Crippen molar-refractivity contribution >= 4 is 26.7 Å². The van der Waals surface area contributed by atoms with Gasteiger partial charge in [-0.1, -0.05) is 91.9 Å². The number of nitrogens with zero attached hydrogens (tertiary/aromatic N) is 1. The van der Waals surface area contributed by atoms with Gasteiger partial charge in [0.05, 0.1) is 21.8 Å². The van der Waals surface area contributed by atoms with E-state index < -0.39 is 33.8 Å². The second kappa shape index (κ2) is 10.1. The highest BCUT2D eigenvalue weighted by Crippen LogP contribution is 2.30. The number of rotatable bonds is 7. The smallest absolute Gasteiger partial charge is 0.417 e. The maximum Gasteiger partial charge on any atom is 0.417 e. The van der Waals surface area contributed by atoms with Crippen molar-refractivity contribution in [3.05, 3.63) is 108 Å². The summed E-state index contributed by atoms with van der Waals surface area (Å²) in [4.78, 5) is 27.1. The minimum atomic E-state index is -3.91. The first-order valence-corrected chi connectivity index (χ1v) is 12.5. The van der Waals surface area contributed by atoms with E-state index in [1.54, 1.807) is 55.5 Å². The Bertz CT molecular complexity index is 1290. The zero-order valence-corrected chi connectivity index (χ0v) is 19.5. The van der Waals surface area contributed by atoms with Crippen LogP contribution < -0.4 is 0 Å². The number of sulfone groups is 1. The molecule has 0 radical (unpaired) electrons. The first kappa shape index (κ1) is 23.4. The largest absolute Gasteiger partial charge is 0.447 e. The van der Waals surface area contributed by atoms with Gasteiger partial charge in [-0.05, 0) is 29.7 Å². The van der Waals surface area contributed by atoms with Crippen LogP contribution >= 0.6 is 0 Å². The molecular weight excluding hydrogens is 450 g/mol. The normalized spacial score (nSPS) is 17.3. The van der Waals surface area contributed by atoms with Crippen LogP contribution in [0, 0.1) is 5.92 Å². The van der Waals surface area contributed by atoms with E-state index in [-0.39, 0.29) is 16.4 Å². The molecule has 1 aliphatic heterocycles. The lowest BCUT2D eigenvalue weighted by atomic mass is 10.0. The summed E-state index contributed by atoms with van der Waals surface area (Å²) >= 11 is 0. The van der Waals surface area contributed by atoms with E-state index in [1.165, 1.54) is 18.2 Å². The summed E-state index contributed by atoms with van der Waals surface area (Å²) in [5.74, 6) is -1.38. The summed E-state index contributed by atoms with van der Waals surface area (Å²) in [6, 6.07) is 25.8. The maximum atomic E-state index is 13.5. The summed E-state index contributed by atoms with van der Waals surface area (Å²) in [6.07, 6.45) is 1.17. The molecule has 4 rings (SSSR count). The molecule has 3 aromatic rings. The number of imide groups is 1. The van der Waals surface area contributed by atoms with Gasteiger partial charge in [0.1, 0.15) is 6.61 Å². The topological polar surface area (TPSA) is 80.8 Å². The fourth-order valence-corrected chi connectivity index (χ4v) is 5.55. The van der Waals surface area contributed by atoms with Crippen molar-refractivity contribution in [3.63, 3.8) is 0 Å². The average molecular weight is 476 g/mol. The van der Waals surface area contributed by atoms with Crippen LogP contribution in [0.3, 0.4) is 0 Å². The number of cyclic esters (lactones) is 1. The van der Waals surface area contributed by atoms with Gasteiger partial charge in [-0.2, -0.15) is 0 Å². The minimum Gasteiger partial charge on any atom is -0.447 e. The van der Waals surface area contributed by atoms with Crippen LogP contribution in [0.25, 0.3) is 4.91 Å². The highest BCUT2D eigenvalue weighted by molar-refractivity contribution is 8.00. The van der Waals surface area contributed by atoms with E-state index in [4.69, 9.17) is 4.74 Å². The molecule has 0 spiro atoms. The quantitative estimate of drug-likeness (QED) is 0.494. The monoisotopic (exact) mass is 475 g/mol. The number of carbonyl (C=O) groups is 2. The first-order chi connectivity index (χ1) is 16.4. The summed E-state index contributed by atoms with van der Waals surface area (Å²) in [6.45, 7) is 1.70. The number of benzene rings is 3. The molecule has 0 unspecified atom stereocenters. The van der Waals surface area contributed by atoms with E-state index in [0.717, 1.165) is 10.5 Å². The molecule has 2 atom stereocenters. The van der Waals surface area contributed by atoms with E-state index in [1.807, 2.05) is 30.3 Å². The second-order valence-electron chi connectivity index (χ2n) is 8.13. The first-order valence-electron chi connectivity index (χ1n) is 11.0. The van der Waals surface area contributed by atoms with Gasteiger partial charge < -0.3 is 4.74 Å². The maximum absolute atomic E-state index is 13.5. The van der Waals surface area contributed by atoms with Gasteiger partial charge in [-0.25, -0.2) is 18.1 Å². The Kier molecular flexibility index (Phi) is 6.93. The molecule has 0 saturated carbocycles. The summed E-state index contributed by atoms with van der Waals surface area (Å²) < 4.78 is 32.2. The number of amides is 2. The van der Waals surface area contributed by atoms with Crippen molar-refractivity contribution in [2.45, 2.75) is 24.3 Å². The predicted molar refractivity (Wildman–Crippen MR) is 129 cm³/mol. The van der Waals surface area contributed by atoms with Crippen LogP contribution in [0.1, 0.15) is 18.1 Å². The molecular formula is C27H25NO5S. The SMILES string of the molecule is C[C@H](/C=C(/c1ccccc1)S(=O)(=O)c1ccccc1)C(=O)N1C(=O)OC[C@@H]1Cc1ccccc1. The molecule has 6 nitrogen and oxygen atoms in total. The molecule has 1 saturated heterocycles. The number of ether oxygens (including phenoxy) is 1. The van der Waals surface area contributed by atoms with Gasteiger partial charge >= 0.3 is 6.09 Å². The summed E-state index contributed by atoms with van der Waals surface area (Å²) in [7, 11) is -3.91. The Morgan fingerprint density at radius 3 is 2.15 bits per heavy atom. The molecule has 0 bridgehead atoms. The van der Waals surface area contributed by atoms with Crippen molar-refractivity contribution in [1.29, 1.82) is 0 Å². The van der Waals surface area contributed by atoms with Crippen molar-refractivity contribution < 1.29 is 22.7 Å². The molecule has 3 aromatic carbocycles. The highest BCUT2D eigenvalue weighted by Gasteiger charge is 2.39. The van der Waals surface area contributed by atoms with Crippen LogP contribution in [0.15, 0.2) is 102 Å². The third-order valence-electron chi connectivity index (χ3n) is 5.70. The molecule has 0 N–H and O–H groups in total. The average Bonchev–Trinajstić information content (AvgIpc) is 3.23. The molecule has 174 valence electrons. The summed E-state index contributed by atoms with van der Waals surface area (Å²) in [5.41, 5.74) is 1.44. The van der Waals surface area contributed by atoms with Crippen molar-refractivity contribution in [3.8, 4) is 0 Å². The Morgan fingerprint density at radius 1 is 0.971 bits per heavy atom. The Labute approximate surface area is 199 Å². The third-order valence-corrected chi connectivity index (χ3v) is 7.55. The molecule has 1 fully saturated rings. The lowest BCUT2D eigenvalue weighted by Crippen LogP contribution is -2.42. The molecule has 7 heteroatoms. The molecule has 1 heterocycles. The van der Waals surface area contributed by atoms with Gasteiger partial charge in [0.15, 0.2) is 0 Å². The minimum absolute atomic E-state index is 0.0207.